The van der Waals surface area contributed by atoms with Crippen LogP contribution in [0.4, 0.5) is 5.69 Å². The van der Waals surface area contributed by atoms with E-state index < -0.39 is 0 Å². The summed E-state index contributed by atoms with van der Waals surface area (Å²) >= 11 is 0. The highest BCUT2D eigenvalue weighted by atomic mass is 16.5. The average molecular weight is 223 g/mol. The Labute approximate surface area is 95.6 Å². The van der Waals surface area contributed by atoms with Gasteiger partial charge in [-0.05, 0) is 37.1 Å². The summed E-state index contributed by atoms with van der Waals surface area (Å²) in [4.78, 5) is 11.0. The van der Waals surface area contributed by atoms with Gasteiger partial charge in [0.15, 0.2) is 0 Å². The Balaban J connectivity index is 2.82. The Bertz CT molecular complexity index is 388. The second-order valence-electron chi connectivity index (χ2n) is 3.50. The van der Waals surface area contributed by atoms with Crippen LogP contribution in [0.5, 0.6) is 5.75 Å². The maximum absolute atomic E-state index is 11.0. The van der Waals surface area contributed by atoms with Crippen molar-refractivity contribution in [2.45, 2.75) is 13.8 Å². The number of methoxy groups -OCH3 is 2. The molecule has 1 N–H and O–H groups in total. The molecule has 0 saturated carbocycles. The number of carbonyl (C=O) groups excluding carboxylic acids is 1. The summed E-state index contributed by atoms with van der Waals surface area (Å²) in [6.07, 6.45) is 0. The van der Waals surface area contributed by atoms with E-state index >= 15 is 0 Å². The lowest BCUT2D eigenvalue weighted by Crippen LogP contribution is -2.15. The van der Waals surface area contributed by atoms with Crippen LogP contribution < -0.4 is 10.1 Å². The Kier molecular flexibility index (Phi) is 4.17. The number of esters is 1. The molecule has 0 amide bonds. The zero-order chi connectivity index (χ0) is 12.1. The van der Waals surface area contributed by atoms with E-state index in [0.29, 0.717) is 0 Å². The second kappa shape index (κ2) is 5.39. The first-order valence-electron chi connectivity index (χ1n) is 5.05. The number of ether oxygens (including phenoxy) is 2. The van der Waals surface area contributed by atoms with Crippen molar-refractivity contribution in [1.82, 2.24) is 0 Å². The smallest absolute Gasteiger partial charge is 0.325 e. The predicted octanol–water partition coefficient (Wildman–Crippen LogP) is 1.90. The van der Waals surface area contributed by atoms with Gasteiger partial charge in [0.2, 0.25) is 0 Å². The zero-order valence-electron chi connectivity index (χ0n) is 10.1. The topological polar surface area (TPSA) is 47.6 Å². The largest absolute Gasteiger partial charge is 0.496 e. The molecule has 4 heteroatoms. The molecule has 0 fully saturated rings. The lowest BCUT2D eigenvalue weighted by atomic mass is 10.1. The van der Waals surface area contributed by atoms with Gasteiger partial charge in [-0.3, -0.25) is 4.79 Å². The first-order chi connectivity index (χ1) is 7.60. The fourth-order valence-corrected chi connectivity index (χ4v) is 1.45. The van der Waals surface area contributed by atoms with Gasteiger partial charge in [0.05, 0.1) is 14.2 Å². The highest BCUT2D eigenvalue weighted by Gasteiger charge is 2.07. The van der Waals surface area contributed by atoms with E-state index in [9.17, 15) is 4.79 Å². The molecule has 1 aromatic carbocycles. The number of nitrogens with one attached hydrogen (secondary N) is 1. The maximum atomic E-state index is 11.0. The summed E-state index contributed by atoms with van der Waals surface area (Å²) < 4.78 is 9.77. The van der Waals surface area contributed by atoms with Crippen LogP contribution in [0.25, 0.3) is 0 Å². The minimum Gasteiger partial charge on any atom is -0.496 e. The third-order valence-corrected chi connectivity index (χ3v) is 2.61. The molecule has 0 aliphatic rings. The molecule has 16 heavy (non-hydrogen) atoms. The van der Waals surface area contributed by atoms with Crippen molar-refractivity contribution < 1.29 is 14.3 Å². The normalized spacial score (nSPS) is 9.75. The zero-order valence-corrected chi connectivity index (χ0v) is 10.1. The van der Waals surface area contributed by atoms with Crippen LogP contribution in [0.3, 0.4) is 0 Å². The van der Waals surface area contributed by atoms with Crippen molar-refractivity contribution in [1.29, 1.82) is 0 Å². The molecule has 1 aromatic rings. The fraction of sp³-hybridized carbons (Fsp3) is 0.417. The van der Waals surface area contributed by atoms with Crippen molar-refractivity contribution in [3.8, 4) is 5.75 Å². The van der Waals surface area contributed by atoms with E-state index in [4.69, 9.17) is 4.74 Å². The summed E-state index contributed by atoms with van der Waals surface area (Å²) in [5.74, 6) is 0.564. The predicted molar refractivity (Wildman–Crippen MR) is 63.0 cm³/mol. The van der Waals surface area contributed by atoms with Crippen molar-refractivity contribution in [3.05, 3.63) is 23.3 Å². The van der Waals surface area contributed by atoms with Gasteiger partial charge in [-0.2, -0.15) is 0 Å². The molecule has 88 valence electrons. The standard InChI is InChI=1S/C12H17NO3/c1-8-9(2)11(15-3)6-5-10(8)13-7-12(14)16-4/h5-6,13H,7H2,1-4H3. The Morgan fingerprint density at radius 1 is 1.25 bits per heavy atom. The Morgan fingerprint density at radius 2 is 1.94 bits per heavy atom. The SMILES string of the molecule is COC(=O)CNc1ccc(OC)c(C)c1C. The molecule has 1 rings (SSSR count). The van der Waals surface area contributed by atoms with Gasteiger partial charge in [0.25, 0.3) is 0 Å². The lowest BCUT2D eigenvalue weighted by Gasteiger charge is -2.13. The number of hydrogen-bond donors (Lipinski definition) is 1. The minimum atomic E-state index is -0.284. The van der Waals surface area contributed by atoms with Gasteiger partial charge in [-0.15, -0.1) is 0 Å². The monoisotopic (exact) mass is 223 g/mol. The van der Waals surface area contributed by atoms with Crippen LogP contribution in [0.2, 0.25) is 0 Å². The summed E-state index contributed by atoms with van der Waals surface area (Å²) in [6.45, 7) is 4.14. The van der Waals surface area contributed by atoms with Crippen LogP contribution in [0.1, 0.15) is 11.1 Å². The summed E-state index contributed by atoms with van der Waals surface area (Å²) in [7, 11) is 3.01. The Hall–Kier alpha value is -1.71. The fourth-order valence-electron chi connectivity index (χ4n) is 1.45. The van der Waals surface area contributed by atoms with Crippen LogP contribution >= 0.6 is 0 Å². The molecule has 0 unspecified atom stereocenters. The first kappa shape index (κ1) is 12.4. The molecule has 0 spiro atoms. The van der Waals surface area contributed by atoms with Gasteiger partial charge in [0, 0.05) is 5.69 Å². The summed E-state index contributed by atoms with van der Waals surface area (Å²) in [5.41, 5.74) is 3.06. The van der Waals surface area contributed by atoms with E-state index in [1.807, 2.05) is 26.0 Å². The molecule has 0 aliphatic carbocycles. The van der Waals surface area contributed by atoms with Crippen molar-refractivity contribution >= 4 is 11.7 Å². The lowest BCUT2D eigenvalue weighted by molar-refractivity contribution is -0.138. The Morgan fingerprint density at radius 3 is 2.50 bits per heavy atom. The molecule has 0 aliphatic heterocycles. The molecule has 0 saturated heterocycles. The maximum Gasteiger partial charge on any atom is 0.325 e. The number of anilines is 1. The molecule has 0 radical (unpaired) electrons. The number of benzene rings is 1. The van der Waals surface area contributed by atoms with Gasteiger partial charge in [-0.1, -0.05) is 0 Å². The summed E-state index contributed by atoms with van der Waals surface area (Å²) in [6, 6.07) is 3.77. The highest BCUT2D eigenvalue weighted by Crippen LogP contribution is 2.26. The van der Waals surface area contributed by atoms with Crippen LogP contribution in [-0.2, 0) is 9.53 Å². The van der Waals surface area contributed by atoms with Gasteiger partial charge < -0.3 is 14.8 Å². The van der Waals surface area contributed by atoms with Gasteiger partial charge >= 0.3 is 5.97 Å². The number of rotatable bonds is 4. The van der Waals surface area contributed by atoms with Crippen LogP contribution in [0, 0.1) is 13.8 Å². The molecule has 0 bridgehead atoms. The van der Waals surface area contributed by atoms with Crippen molar-refractivity contribution in [2.24, 2.45) is 0 Å². The third kappa shape index (κ3) is 2.66. The van der Waals surface area contributed by atoms with Crippen molar-refractivity contribution in [3.63, 3.8) is 0 Å². The first-order valence-corrected chi connectivity index (χ1v) is 5.05. The van der Waals surface area contributed by atoms with Crippen LogP contribution in [0.15, 0.2) is 12.1 Å². The van der Waals surface area contributed by atoms with E-state index in [1.165, 1.54) is 7.11 Å². The number of carbonyl (C=O) groups is 1. The van der Waals surface area contributed by atoms with E-state index in [0.717, 1.165) is 22.6 Å². The van der Waals surface area contributed by atoms with E-state index in [1.54, 1.807) is 7.11 Å². The van der Waals surface area contributed by atoms with Gasteiger partial charge in [0.1, 0.15) is 12.3 Å². The second-order valence-corrected chi connectivity index (χ2v) is 3.50. The third-order valence-electron chi connectivity index (χ3n) is 2.61. The average Bonchev–Trinajstić information content (AvgIpc) is 2.30. The highest BCUT2D eigenvalue weighted by molar-refractivity contribution is 5.75. The van der Waals surface area contributed by atoms with Crippen molar-refractivity contribution in [2.75, 3.05) is 26.1 Å². The molecule has 0 heterocycles. The van der Waals surface area contributed by atoms with Gasteiger partial charge in [-0.25, -0.2) is 0 Å². The summed E-state index contributed by atoms with van der Waals surface area (Å²) in [5, 5.41) is 3.03. The molecular formula is C12H17NO3. The van der Waals surface area contributed by atoms with E-state index in [-0.39, 0.29) is 12.5 Å². The quantitative estimate of drug-likeness (QED) is 0.792. The molecule has 0 atom stereocenters. The molecule has 4 nitrogen and oxygen atoms in total. The van der Waals surface area contributed by atoms with Crippen LogP contribution in [-0.4, -0.2) is 26.7 Å². The molecule has 0 aromatic heterocycles. The van der Waals surface area contributed by atoms with E-state index in [2.05, 4.69) is 10.1 Å². The minimum absolute atomic E-state index is 0.170. The number of hydrogen-bond acceptors (Lipinski definition) is 4. The molecular weight excluding hydrogens is 206 g/mol.